The zero-order valence-corrected chi connectivity index (χ0v) is 8.15. The predicted molar refractivity (Wildman–Crippen MR) is 52.9 cm³/mol. The molecule has 0 spiro atoms. The molecule has 1 heterocycles. The molecule has 0 unspecified atom stereocenters. The first-order chi connectivity index (χ1) is 6.08. The fourth-order valence-electron chi connectivity index (χ4n) is 1.34. The van der Waals surface area contributed by atoms with Crippen molar-refractivity contribution in [3.05, 3.63) is 23.5 Å². The molecular weight excluding hydrogens is 162 g/mol. The van der Waals surface area contributed by atoms with Crippen LogP contribution in [0.25, 0.3) is 12.2 Å². The monoisotopic (exact) mass is 175 g/mol. The fraction of sp³-hybridized carbons (Fsp3) is 0.400. The maximum absolute atomic E-state index is 4.06. The van der Waals surface area contributed by atoms with Gasteiger partial charge in [-0.05, 0) is 12.2 Å². The van der Waals surface area contributed by atoms with Gasteiger partial charge in [0.1, 0.15) is 5.69 Å². The topological polar surface area (TPSA) is 30.7 Å². The zero-order chi connectivity index (χ0) is 9.47. The summed E-state index contributed by atoms with van der Waals surface area (Å²) >= 11 is 0. The number of hydrogen-bond acceptors (Lipinski definition) is 2. The van der Waals surface area contributed by atoms with Gasteiger partial charge < -0.3 is 0 Å². The molecule has 0 aromatic carbocycles. The number of allylic oxidation sites excluding steroid dienone is 2. The maximum Gasteiger partial charge on any atom is 0.112 e. The van der Waals surface area contributed by atoms with Gasteiger partial charge in [-0.1, -0.05) is 31.2 Å². The van der Waals surface area contributed by atoms with E-state index in [0.717, 1.165) is 11.4 Å². The molecule has 0 saturated heterocycles. The van der Waals surface area contributed by atoms with Crippen molar-refractivity contribution in [2.45, 2.75) is 13.8 Å². The number of aromatic nitrogens is 3. The highest BCUT2D eigenvalue weighted by atomic mass is 15.4. The quantitative estimate of drug-likeness (QED) is 0.602. The third kappa shape index (κ3) is 1.41. The van der Waals surface area contributed by atoms with Crippen molar-refractivity contribution in [2.75, 3.05) is 0 Å². The van der Waals surface area contributed by atoms with E-state index in [1.165, 1.54) is 0 Å². The molecule has 1 aliphatic rings. The van der Waals surface area contributed by atoms with Gasteiger partial charge in [0.05, 0.1) is 5.69 Å². The summed E-state index contributed by atoms with van der Waals surface area (Å²) in [6.07, 6.45) is 8.42. The molecule has 3 heteroatoms. The molecule has 0 N–H and O–H groups in total. The molecule has 3 nitrogen and oxygen atoms in total. The molecule has 1 aromatic rings. The molecule has 1 aliphatic carbocycles. The Morgan fingerprint density at radius 1 is 1.23 bits per heavy atom. The Morgan fingerprint density at radius 2 is 1.92 bits per heavy atom. The summed E-state index contributed by atoms with van der Waals surface area (Å²) in [5.74, 6) is 0. The molecular formula is C10H13N3. The molecule has 0 aliphatic heterocycles. The summed E-state index contributed by atoms with van der Waals surface area (Å²) in [6.45, 7) is 4.33. The van der Waals surface area contributed by atoms with Crippen molar-refractivity contribution in [2.24, 2.45) is 12.5 Å². The van der Waals surface area contributed by atoms with E-state index in [2.05, 4.69) is 42.4 Å². The van der Waals surface area contributed by atoms with Crippen LogP contribution >= 0.6 is 0 Å². The Morgan fingerprint density at radius 3 is 2.69 bits per heavy atom. The number of nitrogens with zero attached hydrogens (tertiary/aromatic N) is 3. The Balaban J connectivity index is 2.54. The molecule has 0 atom stereocenters. The lowest BCUT2D eigenvalue weighted by Gasteiger charge is -2.12. The number of fused-ring (bicyclic) bond motifs is 1. The van der Waals surface area contributed by atoms with Gasteiger partial charge in [-0.25, -0.2) is 4.68 Å². The average Bonchev–Trinajstić information content (AvgIpc) is 2.32. The molecule has 1 aromatic heterocycles. The fourth-order valence-corrected chi connectivity index (χ4v) is 1.34. The first-order valence-corrected chi connectivity index (χ1v) is 4.37. The van der Waals surface area contributed by atoms with Crippen LogP contribution in [0.5, 0.6) is 0 Å². The number of rotatable bonds is 0. The minimum atomic E-state index is 0.112. The number of aryl methyl sites for hydroxylation is 1. The molecule has 2 rings (SSSR count). The summed E-state index contributed by atoms with van der Waals surface area (Å²) in [6, 6.07) is 0. The van der Waals surface area contributed by atoms with Crippen molar-refractivity contribution >= 4 is 12.2 Å². The second-order valence-electron chi connectivity index (χ2n) is 3.97. The van der Waals surface area contributed by atoms with E-state index in [0.29, 0.717) is 0 Å². The van der Waals surface area contributed by atoms with Gasteiger partial charge in [0.2, 0.25) is 0 Å². The summed E-state index contributed by atoms with van der Waals surface area (Å²) in [5, 5.41) is 8.01. The lowest BCUT2D eigenvalue weighted by atomic mass is 9.93. The molecule has 0 bridgehead atoms. The van der Waals surface area contributed by atoms with E-state index in [1.54, 1.807) is 4.68 Å². The molecule has 0 saturated carbocycles. The normalized spacial score (nSPS) is 18.4. The predicted octanol–water partition coefficient (Wildman–Crippen LogP) is 1.88. The third-order valence-electron chi connectivity index (χ3n) is 2.24. The first kappa shape index (κ1) is 8.23. The van der Waals surface area contributed by atoms with Crippen molar-refractivity contribution in [3.63, 3.8) is 0 Å². The summed E-state index contributed by atoms with van der Waals surface area (Å²) < 4.78 is 1.79. The molecule has 68 valence electrons. The van der Waals surface area contributed by atoms with Gasteiger partial charge in [-0.3, -0.25) is 0 Å². The SMILES string of the molecule is Cn1nnc2c1C=CC(C)(C)C=C2. The average molecular weight is 175 g/mol. The smallest absolute Gasteiger partial charge is 0.112 e. The largest absolute Gasteiger partial charge is 0.248 e. The van der Waals surface area contributed by atoms with Crippen LogP contribution < -0.4 is 0 Å². The van der Waals surface area contributed by atoms with Gasteiger partial charge in [0.15, 0.2) is 0 Å². The van der Waals surface area contributed by atoms with Gasteiger partial charge in [0.25, 0.3) is 0 Å². The van der Waals surface area contributed by atoms with Crippen LogP contribution in [0, 0.1) is 5.41 Å². The van der Waals surface area contributed by atoms with E-state index in [9.17, 15) is 0 Å². The van der Waals surface area contributed by atoms with Crippen LogP contribution in [0.15, 0.2) is 12.2 Å². The highest BCUT2D eigenvalue weighted by Gasteiger charge is 2.15. The Kier molecular flexibility index (Phi) is 1.62. The summed E-state index contributed by atoms with van der Waals surface area (Å²) in [7, 11) is 1.91. The van der Waals surface area contributed by atoms with E-state index < -0.39 is 0 Å². The lowest BCUT2D eigenvalue weighted by molar-refractivity contribution is 0.632. The van der Waals surface area contributed by atoms with Crippen LogP contribution in [0.4, 0.5) is 0 Å². The van der Waals surface area contributed by atoms with Gasteiger partial charge in [-0.2, -0.15) is 0 Å². The second-order valence-corrected chi connectivity index (χ2v) is 3.97. The third-order valence-corrected chi connectivity index (χ3v) is 2.24. The van der Waals surface area contributed by atoms with Crippen molar-refractivity contribution in [1.29, 1.82) is 0 Å². The van der Waals surface area contributed by atoms with E-state index in [1.807, 2.05) is 13.1 Å². The molecule has 0 amide bonds. The Bertz CT molecular complexity index is 383. The molecule has 13 heavy (non-hydrogen) atoms. The van der Waals surface area contributed by atoms with Crippen LogP contribution in [0.1, 0.15) is 25.2 Å². The minimum absolute atomic E-state index is 0.112. The maximum atomic E-state index is 4.06. The standard InChI is InChI=1S/C10H13N3/c1-10(2)6-4-8-9(5-7-10)13(3)12-11-8/h4-7H,1-3H3. The minimum Gasteiger partial charge on any atom is -0.248 e. The van der Waals surface area contributed by atoms with Crippen LogP contribution in [-0.4, -0.2) is 15.0 Å². The Labute approximate surface area is 77.8 Å². The zero-order valence-electron chi connectivity index (χ0n) is 8.15. The van der Waals surface area contributed by atoms with E-state index >= 15 is 0 Å². The van der Waals surface area contributed by atoms with Crippen LogP contribution in [-0.2, 0) is 7.05 Å². The van der Waals surface area contributed by atoms with Crippen molar-refractivity contribution < 1.29 is 0 Å². The van der Waals surface area contributed by atoms with Crippen LogP contribution in [0.2, 0.25) is 0 Å². The molecule has 0 fully saturated rings. The van der Waals surface area contributed by atoms with E-state index in [4.69, 9.17) is 0 Å². The van der Waals surface area contributed by atoms with Crippen molar-refractivity contribution in [3.8, 4) is 0 Å². The summed E-state index contributed by atoms with van der Waals surface area (Å²) in [4.78, 5) is 0. The first-order valence-electron chi connectivity index (χ1n) is 4.37. The summed E-state index contributed by atoms with van der Waals surface area (Å²) in [5.41, 5.74) is 2.13. The lowest BCUT2D eigenvalue weighted by Crippen LogP contribution is -2.00. The highest BCUT2D eigenvalue weighted by Crippen LogP contribution is 2.25. The second kappa shape index (κ2) is 2.55. The number of hydrogen-bond donors (Lipinski definition) is 0. The van der Waals surface area contributed by atoms with Gasteiger partial charge in [0, 0.05) is 12.5 Å². The van der Waals surface area contributed by atoms with E-state index in [-0.39, 0.29) is 5.41 Å². The Hall–Kier alpha value is -1.38. The molecule has 0 radical (unpaired) electrons. The van der Waals surface area contributed by atoms with Gasteiger partial charge >= 0.3 is 0 Å². The highest BCUT2D eigenvalue weighted by molar-refractivity contribution is 5.63. The van der Waals surface area contributed by atoms with Crippen LogP contribution in [0.3, 0.4) is 0 Å². The van der Waals surface area contributed by atoms with Crippen molar-refractivity contribution in [1.82, 2.24) is 15.0 Å². The van der Waals surface area contributed by atoms with Gasteiger partial charge in [-0.15, -0.1) is 5.10 Å².